The summed E-state index contributed by atoms with van der Waals surface area (Å²) in [7, 11) is 2.05. The van der Waals surface area contributed by atoms with E-state index in [1.165, 1.54) is 24.2 Å². The van der Waals surface area contributed by atoms with Crippen molar-refractivity contribution in [3.05, 3.63) is 11.3 Å². The number of rotatable bonds is 3. The van der Waals surface area contributed by atoms with Gasteiger partial charge in [0.05, 0.1) is 5.69 Å². The molecule has 0 atom stereocenters. The summed E-state index contributed by atoms with van der Waals surface area (Å²) in [6.07, 6.45) is 3.50. The minimum Gasteiger partial charge on any atom is -0.356 e. The summed E-state index contributed by atoms with van der Waals surface area (Å²) >= 11 is 0. The highest BCUT2D eigenvalue weighted by Gasteiger charge is 2.29. The van der Waals surface area contributed by atoms with E-state index in [9.17, 15) is 0 Å². The van der Waals surface area contributed by atoms with Crippen LogP contribution >= 0.6 is 0 Å². The summed E-state index contributed by atoms with van der Waals surface area (Å²) in [5.74, 6) is 1.28. The zero-order valence-corrected chi connectivity index (χ0v) is 12.2. The molecular formula is C14H26N4. The monoisotopic (exact) mass is 250 g/mol. The molecule has 18 heavy (non-hydrogen) atoms. The van der Waals surface area contributed by atoms with E-state index in [-0.39, 0.29) is 0 Å². The topological polar surface area (TPSA) is 47.1 Å². The zero-order valence-electron chi connectivity index (χ0n) is 12.2. The molecule has 4 heteroatoms. The summed E-state index contributed by atoms with van der Waals surface area (Å²) in [5, 5.41) is 4.57. The lowest BCUT2D eigenvalue weighted by atomic mass is 9.84. The van der Waals surface area contributed by atoms with Gasteiger partial charge in [-0.05, 0) is 38.1 Å². The van der Waals surface area contributed by atoms with Gasteiger partial charge in [-0.1, -0.05) is 13.8 Å². The Morgan fingerprint density at radius 1 is 1.39 bits per heavy atom. The Bertz CT molecular complexity index is 420. The highest BCUT2D eigenvalue weighted by molar-refractivity contribution is 5.51. The van der Waals surface area contributed by atoms with Crippen LogP contribution in [0, 0.1) is 12.3 Å². The van der Waals surface area contributed by atoms with Gasteiger partial charge in [0, 0.05) is 25.7 Å². The van der Waals surface area contributed by atoms with E-state index in [1.54, 1.807) is 0 Å². The molecule has 0 aliphatic carbocycles. The van der Waals surface area contributed by atoms with Crippen molar-refractivity contribution in [1.82, 2.24) is 9.78 Å². The van der Waals surface area contributed by atoms with Gasteiger partial charge in [0.25, 0.3) is 0 Å². The van der Waals surface area contributed by atoms with Crippen molar-refractivity contribution in [2.24, 2.45) is 18.2 Å². The van der Waals surface area contributed by atoms with Crippen molar-refractivity contribution >= 4 is 5.82 Å². The predicted molar refractivity (Wildman–Crippen MR) is 75.9 cm³/mol. The van der Waals surface area contributed by atoms with Gasteiger partial charge < -0.3 is 10.6 Å². The van der Waals surface area contributed by atoms with Crippen LogP contribution in [0.2, 0.25) is 0 Å². The van der Waals surface area contributed by atoms with Crippen LogP contribution in [0.1, 0.15) is 37.9 Å². The molecule has 2 rings (SSSR count). The van der Waals surface area contributed by atoms with Gasteiger partial charge in [0.2, 0.25) is 0 Å². The van der Waals surface area contributed by atoms with Crippen molar-refractivity contribution in [2.45, 2.75) is 40.0 Å². The van der Waals surface area contributed by atoms with Gasteiger partial charge in [-0.15, -0.1) is 0 Å². The summed E-state index contributed by atoms with van der Waals surface area (Å²) in [4.78, 5) is 2.49. The molecule has 0 unspecified atom stereocenters. The van der Waals surface area contributed by atoms with Gasteiger partial charge in [0.15, 0.2) is 0 Å². The van der Waals surface area contributed by atoms with Crippen molar-refractivity contribution in [3.8, 4) is 0 Å². The Labute approximate surface area is 110 Å². The minimum atomic E-state index is 0.399. The van der Waals surface area contributed by atoms with Crippen molar-refractivity contribution in [3.63, 3.8) is 0 Å². The highest BCUT2D eigenvalue weighted by atomic mass is 15.4. The number of piperidine rings is 1. The Morgan fingerprint density at radius 2 is 2.11 bits per heavy atom. The number of hydrogen-bond acceptors (Lipinski definition) is 3. The van der Waals surface area contributed by atoms with Gasteiger partial charge in [-0.2, -0.15) is 5.10 Å². The fraction of sp³-hybridized carbons (Fsp3) is 0.786. The van der Waals surface area contributed by atoms with E-state index in [1.807, 2.05) is 11.7 Å². The van der Waals surface area contributed by atoms with Gasteiger partial charge in [-0.3, -0.25) is 4.68 Å². The molecule has 2 N–H and O–H groups in total. The van der Waals surface area contributed by atoms with Crippen LogP contribution in [-0.2, 0) is 13.5 Å². The van der Waals surface area contributed by atoms with Crippen molar-refractivity contribution in [1.29, 1.82) is 0 Å². The molecule has 1 aromatic rings. The molecule has 0 saturated carbocycles. The standard InChI is InChI=1S/C14H26N4/c1-11-12(6-8-15)13(17(4)16-11)18-9-5-7-14(2,3)10-18/h5-10,15H2,1-4H3. The molecule has 102 valence electrons. The molecule has 0 amide bonds. The molecule has 1 saturated heterocycles. The van der Waals surface area contributed by atoms with Crippen LogP contribution in [0.25, 0.3) is 0 Å². The van der Waals surface area contributed by atoms with E-state index < -0.39 is 0 Å². The first kappa shape index (κ1) is 13.4. The zero-order chi connectivity index (χ0) is 13.3. The lowest BCUT2D eigenvalue weighted by Gasteiger charge is -2.39. The third-order valence-corrected chi connectivity index (χ3v) is 3.91. The van der Waals surface area contributed by atoms with Gasteiger partial charge in [0.1, 0.15) is 5.82 Å². The first-order valence-electron chi connectivity index (χ1n) is 6.92. The highest BCUT2D eigenvalue weighted by Crippen LogP contribution is 2.33. The van der Waals surface area contributed by atoms with E-state index in [2.05, 4.69) is 30.8 Å². The fourth-order valence-electron chi connectivity index (χ4n) is 3.13. The molecule has 2 heterocycles. The molecule has 0 aromatic carbocycles. The van der Waals surface area contributed by atoms with E-state index >= 15 is 0 Å². The maximum absolute atomic E-state index is 5.73. The quantitative estimate of drug-likeness (QED) is 0.890. The van der Waals surface area contributed by atoms with Gasteiger partial charge >= 0.3 is 0 Å². The molecule has 1 aliphatic heterocycles. The normalized spacial score (nSPS) is 19.3. The predicted octanol–water partition coefficient (Wildman–Crippen LogP) is 1.86. The minimum absolute atomic E-state index is 0.399. The Hall–Kier alpha value is -1.03. The van der Waals surface area contributed by atoms with Crippen LogP contribution in [0.15, 0.2) is 0 Å². The fourth-order valence-corrected chi connectivity index (χ4v) is 3.13. The van der Waals surface area contributed by atoms with Crippen LogP contribution in [0.4, 0.5) is 5.82 Å². The molecule has 1 aromatic heterocycles. The summed E-state index contributed by atoms with van der Waals surface area (Å²) < 4.78 is 2.03. The first-order valence-corrected chi connectivity index (χ1v) is 6.92. The largest absolute Gasteiger partial charge is 0.356 e. The van der Waals surface area contributed by atoms with Crippen LogP contribution in [0.3, 0.4) is 0 Å². The van der Waals surface area contributed by atoms with Gasteiger partial charge in [-0.25, -0.2) is 0 Å². The second kappa shape index (κ2) is 4.92. The third-order valence-electron chi connectivity index (χ3n) is 3.91. The van der Waals surface area contributed by atoms with Crippen LogP contribution < -0.4 is 10.6 Å². The average molecular weight is 250 g/mol. The van der Waals surface area contributed by atoms with E-state index in [0.717, 1.165) is 25.2 Å². The van der Waals surface area contributed by atoms with Crippen LogP contribution in [0.5, 0.6) is 0 Å². The second-order valence-electron chi connectivity index (χ2n) is 6.24. The molecule has 1 aliphatic rings. The second-order valence-corrected chi connectivity index (χ2v) is 6.24. The Morgan fingerprint density at radius 3 is 2.72 bits per heavy atom. The van der Waals surface area contributed by atoms with Crippen molar-refractivity contribution in [2.75, 3.05) is 24.5 Å². The van der Waals surface area contributed by atoms with Crippen LogP contribution in [-0.4, -0.2) is 29.4 Å². The molecule has 0 spiro atoms. The molecule has 4 nitrogen and oxygen atoms in total. The summed E-state index contributed by atoms with van der Waals surface area (Å²) in [6.45, 7) is 9.74. The lowest BCUT2D eigenvalue weighted by Crippen LogP contribution is -2.41. The number of hydrogen-bond donors (Lipinski definition) is 1. The number of nitrogens with zero attached hydrogens (tertiary/aromatic N) is 3. The Kier molecular flexibility index (Phi) is 3.66. The number of anilines is 1. The Balaban J connectivity index is 2.32. The third kappa shape index (κ3) is 2.53. The average Bonchev–Trinajstić information content (AvgIpc) is 2.53. The maximum Gasteiger partial charge on any atom is 0.130 e. The van der Waals surface area contributed by atoms with E-state index in [4.69, 9.17) is 5.73 Å². The molecular weight excluding hydrogens is 224 g/mol. The van der Waals surface area contributed by atoms with Crippen molar-refractivity contribution < 1.29 is 0 Å². The molecule has 1 fully saturated rings. The number of aryl methyl sites for hydroxylation is 2. The lowest BCUT2D eigenvalue weighted by molar-refractivity contribution is 0.290. The number of aromatic nitrogens is 2. The van der Waals surface area contributed by atoms with E-state index in [0.29, 0.717) is 12.0 Å². The number of nitrogens with two attached hydrogens (primary N) is 1. The maximum atomic E-state index is 5.73. The first-order chi connectivity index (χ1) is 8.44. The summed E-state index contributed by atoms with van der Waals surface area (Å²) in [5.41, 5.74) is 8.59. The smallest absolute Gasteiger partial charge is 0.130 e. The SMILES string of the molecule is Cc1nn(C)c(N2CCCC(C)(C)C2)c1CCN. The molecule has 0 bridgehead atoms. The summed E-state index contributed by atoms with van der Waals surface area (Å²) in [6, 6.07) is 0. The molecule has 0 radical (unpaired) electrons.